The maximum Gasteiger partial charge on any atom is 0.257 e. The zero-order chi connectivity index (χ0) is 17.4. The minimum atomic E-state index is -0.0902. The first kappa shape index (κ1) is 16.0. The van der Waals surface area contributed by atoms with Crippen LogP contribution in [0, 0.1) is 13.8 Å². The molecule has 0 bridgehead atoms. The highest BCUT2D eigenvalue weighted by Crippen LogP contribution is 2.36. The number of hydrogen-bond acceptors (Lipinski definition) is 3. The van der Waals surface area contributed by atoms with E-state index < -0.39 is 0 Å². The fourth-order valence-corrected chi connectivity index (χ4v) is 4.15. The molecule has 0 fully saturated rings. The number of anilines is 1. The van der Waals surface area contributed by atoms with Crippen LogP contribution in [0.4, 0.5) is 5.82 Å². The summed E-state index contributed by atoms with van der Waals surface area (Å²) in [6.07, 6.45) is 0. The van der Waals surface area contributed by atoms with Gasteiger partial charge >= 0.3 is 0 Å². The number of fused-ring (bicyclic) bond motifs is 1. The van der Waals surface area contributed by atoms with E-state index in [1.54, 1.807) is 0 Å². The van der Waals surface area contributed by atoms with Gasteiger partial charge in [0.15, 0.2) is 0 Å². The summed E-state index contributed by atoms with van der Waals surface area (Å²) in [4.78, 5) is 12.8. The van der Waals surface area contributed by atoms with Crippen LogP contribution in [0.3, 0.4) is 0 Å². The topological polar surface area (TPSA) is 46.9 Å². The van der Waals surface area contributed by atoms with E-state index in [9.17, 15) is 4.79 Å². The van der Waals surface area contributed by atoms with Crippen molar-refractivity contribution in [3.63, 3.8) is 0 Å². The van der Waals surface area contributed by atoms with Crippen molar-refractivity contribution < 1.29 is 4.79 Å². The van der Waals surface area contributed by atoms with Gasteiger partial charge in [-0.2, -0.15) is 16.9 Å². The maximum atomic E-state index is 12.8. The molecule has 0 radical (unpaired) electrons. The third-order valence-corrected chi connectivity index (χ3v) is 5.49. The molecule has 25 heavy (non-hydrogen) atoms. The Morgan fingerprint density at radius 1 is 1.04 bits per heavy atom. The average molecular weight is 349 g/mol. The number of thioether (sulfide) groups is 1. The molecule has 1 amide bonds. The van der Waals surface area contributed by atoms with Gasteiger partial charge in [-0.3, -0.25) is 4.79 Å². The summed E-state index contributed by atoms with van der Waals surface area (Å²) in [5.74, 6) is 2.47. The van der Waals surface area contributed by atoms with Crippen molar-refractivity contribution >= 4 is 23.5 Å². The molecule has 4 nitrogen and oxygen atoms in total. The van der Waals surface area contributed by atoms with E-state index in [2.05, 4.69) is 18.3 Å². The van der Waals surface area contributed by atoms with Crippen molar-refractivity contribution in [3.8, 4) is 5.69 Å². The summed E-state index contributed by atoms with van der Waals surface area (Å²) in [5, 5.41) is 7.89. The van der Waals surface area contributed by atoms with Gasteiger partial charge in [0.2, 0.25) is 0 Å². The third kappa shape index (κ3) is 2.85. The molecule has 126 valence electrons. The second kappa shape index (κ2) is 6.41. The molecule has 0 spiro atoms. The van der Waals surface area contributed by atoms with Gasteiger partial charge in [-0.05, 0) is 37.1 Å². The predicted octanol–water partition coefficient (Wildman–Crippen LogP) is 4.49. The highest BCUT2D eigenvalue weighted by atomic mass is 32.2. The van der Waals surface area contributed by atoms with E-state index in [0.717, 1.165) is 45.4 Å². The first-order valence-corrected chi connectivity index (χ1v) is 9.42. The number of carbonyl (C=O) groups excluding carboxylic acids is 1. The monoisotopic (exact) mass is 349 g/mol. The number of rotatable bonds is 3. The number of para-hydroxylation sites is 1. The fourth-order valence-electron chi connectivity index (χ4n) is 3.12. The minimum Gasteiger partial charge on any atom is -0.306 e. The lowest BCUT2D eigenvalue weighted by atomic mass is 10.1. The molecule has 1 aliphatic rings. The Balaban J connectivity index is 1.78. The Morgan fingerprint density at radius 3 is 2.52 bits per heavy atom. The summed E-state index contributed by atoms with van der Waals surface area (Å²) in [6, 6.07) is 15.7. The van der Waals surface area contributed by atoms with Crippen molar-refractivity contribution in [1.29, 1.82) is 0 Å². The Morgan fingerprint density at radius 2 is 1.76 bits per heavy atom. The summed E-state index contributed by atoms with van der Waals surface area (Å²) in [7, 11) is 0. The molecular weight excluding hydrogens is 330 g/mol. The average Bonchev–Trinajstić information content (AvgIpc) is 3.18. The Bertz CT molecular complexity index is 961. The van der Waals surface area contributed by atoms with E-state index in [1.165, 1.54) is 0 Å². The summed E-state index contributed by atoms with van der Waals surface area (Å²) < 4.78 is 1.88. The molecule has 1 aromatic heterocycles. The van der Waals surface area contributed by atoms with Crippen molar-refractivity contribution in [2.45, 2.75) is 25.4 Å². The molecule has 1 N–H and O–H groups in total. The summed E-state index contributed by atoms with van der Waals surface area (Å²) in [6.45, 7) is 4.01. The molecule has 2 heterocycles. The molecule has 5 heteroatoms. The van der Waals surface area contributed by atoms with Gasteiger partial charge in [0, 0.05) is 22.6 Å². The standard InChI is InChI=1S/C20H19N3OS/c1-13-7-3-5-9-15(13)20(24)21-19-16-11-25-12-17(16)22-23(19)18-10-6-4-8-14(18)2/h3-10H,11-12H2,1-2H3,(H,21,24). The minimum absolute atomic E-state index is 0.0902. The van der Waals surface area contributed by atoms with Crippen LogP contribution in [-0.4, -0.2) is 15.7 Å². The lowest BCUT2D eigenvalue weighted by molar-refractivity contribution is 0.102. The van der Waals surface area contributed by atoms with Crippen LogP contribution in [0.1, 0.15) is 32.7 Å². The Labute approximate surface area is 151 Å². The lowest BCUT2D eigenvalue weighted by Crippen LogP contribution is -2.17. The number of nitrogens with one attached hydrogen (secondary N) is 1. The maximum absolute atomic E-state index is 12.8. The highest BCUT2D eigenvalue weighted by Gasteiger charge is 2.25. The molecule has 0 aliphatic carbocycles. The van der Waals surface area contributed by atoms with Crippen molar-refractivity contribution in [2.24, 2.45) is 0 Å². The second-order valence-corrected chi connectivity index (χ2v) is 7.22. The van der Waals surface area contributed by atoms with E-state index in [4.69, 9.17) is 5.10 Å². The molecule has 3 aromatic rings. The van der Waals surface area contributed by atoms with Crippen LogP contribution < -0.4 is 5.32 Å². The predicted molar refractivity (Wildman–Crippen MR) is 102 cm³/mol. The number of hydrogen-bond donors (Lipinski definition) is 1. The van der Waals surface area contributed by atoms with Crippen LogP contribution in [0.2, 0.25) is 0 Å². The van der Waals surface area contributed by atoms with Crippen LogP contribution in [0.5, 0.6) is 0 Å². The lowest BCUT2D eigenvalue weighted by Gasteiger charge is -2.13. The van der Waals surface area contributed by atoms with Gasteiger partial charge in [-0.25, -0.2) is 4.68 Å². The molecule has 0 unspecified atom stereocenters. The third-order valence-electron chi connectivity index (χ3n) is 4.52. The number of nitrogens with zero attached hydrogens (tertiary/aromatic N) is 2. The first-order chi connectivity index (χ1) is 12.1. The Hall–Kier alpha value is -2.53. The molecule has 0 saturated carbocycles. The quantitative estimate of drug-likeness (QED) is 0.758. The van der Waals surface area contributed by atoms with Gasteiger partial charge in [0.25, 0.3) is 5.91 Å². The van der Waals surface area contributed by atoms with Crippen molar-refractivity contribution in [1.82, 2.24) is 9.78 Å². The normalized spacial score (nSPS) is 12.9. The van der Waals surface area contributed by atoms with Crippen LogP contribution in [-0.2, 0) is 11.5 Å². The van der Waals surface area contributed by atoms with Crippen molar-refractivity contribution in [3.05, 3.63) is 76.5 Å². The van der Waals surface area contributed by atoms with Gasteiger partial charge in [0.1, 0.15) is 5.82 Å². The van der Waals surface area contributed by atoms with E-state index in [1.807, 2.05) is 65.8 Å². The smallest absolute Gasteiger partial charge is 0.257 e. The SMILES string of the molecule is Cc1ccccc1C(=O)Nc1c2c(nn1-c1ccccc1C)CSC2. The molecule has 0 atom stereocenters. The van der Waals surface area contributed by atoms with E-state index in [-0.39, 0.29) is 5.91 Å². The second-order valence-electron chi connectivity index (χ2n) is 6.23. The summed E-state index contributed by atoms with van der Waals surface area (Å²) >= 11 is 1.83. The number of amides is 1. The number of aryl methyl sites for hydroxylation is 2. The van der Waals surface area contributed by atoms with E-state index >= 15 is 0 Å². The zero-order valence-electron chi connectivity index (χ0n) is 14.2. The van der Waals surface area contributed by atoms with Crippen molar-refractivity contribution in [2.75, 3.05) is 5.32 Å². The zero-order valence-corrected chi connectivity index (χ0v) is 15.1. The Kier molecular flexibility index (Phi) is 4.09. The van der Waals surface area contributed by atoms with Crippen LogP contribution in [0.15, 0.2) is 48.5 Å². The van der Waals surface area contributed by atoms with Gasteiger partial charge in [-0.1, -0.05) is 36.4 Å². The van der Waals surface area contributed by atoms with Crippen LogP contribution >= 0.6 is 11.8 Å². The van der Waals surface area contributed by atoms with Gasteiger partial charge in [-0.15, -0.1) is 0 Å². The summed E-state index contributed by atoms with van der Waals surface area (Å²) in [5.41, 5.74) is 5.99. The molecule has 4 rings (SSSR count). The molecule has 0 saturated heterocycles. The number of carbonyl (C=O) groups is 1. The molecular formula is C20H19N3OS. The number of aromatic nitrogens is 2. The van der Waals surface area contributed by atoms with Gasteiger partial charge < -0.3 is 5.32 Å². The van der Waals surface area contributed by atoms with Gasteiger partial charge in [0.05, 0.1) is 11.4 Å². The fraction of sp³-hybridized carbons (Fsp3) is 0.200. The largest absolute Gasteiger partial charge is 0.306 e. The van der Waals surface area contributed by atoms with E-state index in [0.29, 0.717) is 5.56 Å². The number of benzene rings is 2. The molecule has 1 aliphatic heterocycles. The van der Waals surface area contributed by atoms with Crippen LogP contribution in [0.25, 0.3) is 5.69 Å². The first-order valence-electron chi connectivity index (χ1n) is 8.26. The highest BCUT2D eigenvalue weighted by molar-refractivity contribution is 7.98. The molecule has 2 aromatic carbocycles.